The minimum atomic E-state index is -1.01. The number of nitrogens with one attached hydrogen (secondary N) is 2. The zero-order valence-electron chi connectivity index (χ0n) is 10.6. The van der Waals surface area contributed by atoms with Crippen LogP contribution in [0.25, 0.3) is 22.2 Å². The van der Waals surface area contributed by atoms with Crippen molar-refractivity contribution in [2.24, 2.45) is 0 Å². The average molecular weight is 255 g/mol. The first kappa shape index (κ1) is 11.5. The Morgan fingerprint density at radius 2 is 2.05 bits per heavy atom. The summed E-state index contributed by atoms with van der Waals surface area (Å²) in [4.78, 5) is 14.1. The largest absolute Gasteiger partial charge is 0.477 e. The second-order valence-electron chi connectivity index (χ2n) is 4.61. The summed E-state index contributed by atoms with van der Waals surface area (Å²) < 4.78 is 0. The van der Waals surface area contributed by atoms with Crippen LogP contribution in [0.5, 0.6) is 0 Å². The third-order valence-corrected chi connectivity index (χ3v) is 3.41. The number of carboxylic acid groups (broad SMARTS) is 1. The molecule has 3 N–H and O–H groups in total. The predicted octanol–water partition coefficient (Wildman–Crippen LogP) is 2.87. The molecule has 0 atom stereocenters. The lowest BCUT2D eigenvalue weighted by Gasteiger charge is -1.97. The van der Waals surface area contributed by atoms with Gasteiger partial charge in [-0.15, -0.1) is 0 Å². The molecular weight excluding hydrogens is 242 g/mol. The Balaban J connectivity index is 2.14. The molecule has 0 bridgehead atoms. The van der Waals surface area contributed by atoms with Crippen molar-refractivity contribution in [3.8, 4) is 11.3 Å². The third kappa shape index (κ3) is 1.79. The first-order valence-electron chi connectivity index (χ1n) is 5.94. The number of nitrogens with zero attached hydrogens (tertiary/aromatic N) is 1. The van der Waals surface area contributed by atoms with Crippen LogP contribution in [0.15, 0.2) is 24.3 Å². The van der Waals surface area contributed by atoms with Crippen LogP contribution >= 0.6 is 0 Å². The topological polar surface area (TPSA) is 81.8 Å². The van der Waals surface area contributed by atoms with Gasteiger partial charge in [-0.2, -0.15) is 5.10 Å². The van der Waals surface area contributed by atoms with Crippen LogP contribution in [0.2, 0.25) is 0 Å². The molecule has 0 aliphatic rings. The van der Waals surface area contributed by atoms with Crippen LogP contribution in [-0.4, -0.2) is 26.3 Å². The predicted molar refractivity (Wildman–Crippen MR) is 72.3 cm³/mol. The van der Waals surface area contributed by atoms with Crippen molar-refractivity contribution in [1.29, 1.82) is 0 Å². The van der Waals surface area contributed by atoms with Crippen LogP contribution in [-0.2, 0) is 0 Å². The summed E-state index contributed by atoms with van der Waals surface area (Å²) in [6, 6.07) is 7.48. The zero-order valence-corrected chi connectivity index (χ0v) is 10.6. The van der Waals surface area contributed by atoms with Gasteiger partial charge in [0.25, 0.3) is 0 Å². The summed E-state index contributed by atoms with van der Waals surface area (Å²) in [7, 11) is 0. The molecule has 2 aromatic heterocycles. The maximum atomic E-state index is 10.8. The maximum Gasteiger partial charge on any atom is 0.353 e. The van der Waals surface area contributed by atoms with Crippen LogP contribution in [0.4, 0.5) is 0 Å². The molecular formula is C14H13N3O2. The normalized spacial score (nSPS) is 11.1. The summed E-state index contributed by atoms with van der Waals surface area (Å²) in [6.07, 6.45) is 0. The number of hydrogen-bond acceptors (Lipinski definition) is 2. The second-order valence-corrected chi connectivity index (χ2v) is 4.61. The fourth-order valence-corrected chi connectivity index (χ4v) is 2.20. The number of aromatic carboxylic acids is 1. The van der Waals surface area contributed by atoms with E-state index in [1.165, 1.54) is 5.56 Å². The molecule has 0 unspecified atom stereocenters. The number of aromatic amines is 2. The van der Waals surface area contributed by atoms with E-state index in [2.05, 4.69) is 22.1 Å². The highest BCUT2D eigenvalue weighted by Gasteiger charge is 2.11. The Hall–Kier alpha value is -2.56. The lowest BCUT2D eigenvalue weighted by Crippen LogP contribution is -1.95. The highest BCUT2D eigenvalue weighted by atomic mass is 16.4. The molecule has 3 aromatic rings. The van der Waals surface area contributed by atoms with E-state index in [0.717, 1.165) is 22.2 Å². The minimum absolute atomic E-state index is 0.0945. The highest BCUT2D eigenvalue weighted by Crippen LogP contribution is 2.27. The van der Waals surface area contributed by atoms with Gasteiger partial charge in [-0.1, -0.05) is 6.07 Å². The number of hydrogen-bond donors (Lipinski definition) is 3. The lowest BCUT2D eigenvalue weighted by atomic mass is 10.1. The number of aryl methyl sites for hydroxylation is 2. The van der Waals surface area contributed by atoms with Crippen molar-refractivity contribution < 1.29 is 9.90 Å². The molecule has 5 nitrogen and oxygen atoms in total. The highest BCUT2D eigenvalue weighted by molar-refractivity contribution is 5.90. The number of carbonyl (C=O) groups is 1. The number of carboxylic acids is 1. The molecule has 3 rings (SSSR count). The summed E-state index contributed by atoms with van der Waals surface area (Å²) >= 11 is 0. The van der Waals surface area contributed by atoms with Crippen molar-refractivity contribution in [3.63, 3.8) is 0 Å². The van der Waals surface area contributed by atoms with E-state index in [0.29, 0.717) is 5.69 Å². The van der Waals surface area contributed by atoms with E-state index in [-0.39, 0.29) is 5.69 Å². The first-order valence-corrected chi connectivity index (χ1v) is 5.94. The first-order chi connectivity index (χ1) is 9.06. The molecule has 1 aromatic carbocycles. The fraction of sp³-hybridized carbons (Fsp3) is 0.143. The van der Waals surface area contributed by atoms with Crippen molar-refractivity contribution in [1.82, 2.24) is 15.2 Å². The van der Waals surface area contributed by atoms with E-state index in [9.17, 15) is 4.79 Å². The zero-order chi connectivity index (χ0) is 13.6. The number of fused-ring (bicyclic) bond motifs is 1. The molecule has 96 valence electrons. The van der Waals surface area contributed by atoms with Gasteiger partial charge < -0.3 is 10.1 Å². The van der Waals surface area contributed by atoms with Gasteiger partial charge in [0.2, 0.25) is 0 Å². The number of H-pyrrole nitrogens is 2. The van der Waals surface area contributed by atoms with Gasteiger partial charge >= 0.3 is 5.97 Å². The SMILES string of the molecule is Cc1[nH]c2ccc(-c3cc(C(=O)O)[nH]n3)cc2c1C. The van der Waals surface area contributed by atoms with Gasteiger partial charge in [-0.3, -0.25) is 5.10 Å². The number of benzene rings is 1. The van der Waals surface area contributed by atoms with E-state index < -0.39 is 5.97 Å². The van der Waals surface area contributed by atoms with Crippen LogP contribution in [0.1, 0.15) is 21.7 Å². The molecule has 0 radical (unpaired) electrons. The number of aromatic nitrogens is 3. The van der Waals surface area contributed by atoms with E-state index >= 15 is 0 Å². The molecule has 5 heteroatoms. The third-order valence-electron chi connectivity index (χ3n) is 3.41. The van der Waals surface area contributed by atoms with Gasteiger partial charge in [-0.25, -0.2) is 4.79 Å². The summed E-state index contributed by atoms with van der Waals surface area (Å²) in [5, 5.41) is 16.6. The molecule has 19 heavy (non-hydrogen) atoms. The van der Waals surface area contributed by atoms with Crippen molar-refractivity contribution in [3.05, 3.63) is 41.2 Å². The summed E-state index contributed by atoms with van der Waals surface area (Å²) in [5.41, 5.74) is 5.05. The quantitative estimate of drug-likeness (QED) is 0.658. The lowest BCUT2D eigenvalue weighted by molar-refractivity contribution is 0.0690. The summed E-state index contributed by atoms with van der Waals surface area (Å²) in [6.45, 7) is 4.09. The Bertz CT molecular complexity index is 783. The second kappa shape index (κ2) is 3.98. The van der Waals surface area contributed by atoms with Crippen LogP contribution in [0, 0.1) is 13.8 Å². The van der Waals surface area contributed by atoms with Crippen LogP contribution in [0.3, 0.4) is 0 Å². The van der Waals surface area contributed by atoms with Gasteiger partial charge in [0.05, 0.1) is 5.69 Å². The van der Waals surface area contributed by atoms with E-state index in [1.807, 2.05) is 25.1 Å². The Labute approximate surface area is 109 Å². The van der Waals surface area contributed by atoms with Crippen LogP contribution < -0.4 is 0 Å². The van der Waals surface area contributed by atoms with Crippen molar-refractivity contribution in [2.45, 2.75) is 13.8 Å². The Morgan fingerprint density at radius 1 is 1.26 bits per heavy atom. The molecule has 0 aliphatic heterocycles. The van der Waals surface area contributed by atoms with Crippen molar-refractivity contribution >= 4 is 16.9 Å². The van der Waals surface area contributed by atoms with E-state index in [4.69, 9.17) is 5.11 Å². The van der Waals surface area contributed by atoms with Gasteiger partial charge in [0, 0.05) is 22.2 Å². The van der Waals surface area contributed by atoms with Gasteiger partial charge in [0.1, 0.15) is 5.69 Å². The maximum absolute atomic E-state index is 10.8. The number of rotatable bonds is 2. The Morgan fingerprint density at radius 3 is 2.74 bits per heavy atom. The monoisotopic (exact) mass is 255 g/mol. The van der Waals surface area contributed by atoms with E-state index in [1.54, 1.807) is 6.07 Å². The molecule has 2 heterocycles. The minimum Gasteiger partial charge on any atom is -0.477 e. The fourth-order valence-electron chi connectivity index (χ4n) is 2.20. The molecule has 0 aliphatic carbocycles. The molecule has 0 fully saturated rings. The Kier molecular flexibility index (Phi) is 2.41. The van der Waals surface area contributed by atoms with Gasteiger partial charge in [-0.05, 0) is 37.6 Å². The molecule has 0 spiro atoms. The average Bonchev–Trinajstić information content (AvgIpc) is 2.96. The standard InChI is InChI=1S/C14H13N3O2/c1-7-8(2)15-11-4-3-9(5-10(7)11)12-6-13(14(18)19)17-16-12/h3-6,15H,1-2H3,(H,16,17)(H,18,19). The smallest absolute Gasteiger partial charge is 0.353 e. The molecule has 0 saturated carbocycles. The molecule has 0 saturated heterocycles. The molecule has 0 amide bonds. The van der Waals surface area contributed by atoms with Crippen molar-refractivity contribution in [2.75, 3.05) is 0 Å². The summed E-state index contributed by atoms with van der Waals surface area (Å²) in [5.74, 6) is -1.01. The van der Waals surface area contributed by atoms with Gasteiger partial charge in [0.15, 0.2) is 0 Å².